The Bertz CT molecular complexity index is 1030. The number of hydrogen-bond donors (Lipinski definition) is 0. The molecule has 1 aromatic heterocycles. The highest BCUT2D eigenvalue weighted by molar-refractivity contribution is 7.19. The summed E-state index contributed by atoms with van der Waals surface area (Å²) < 4.78 is 0. The van der Waals surface area contributed by atoms with Crippen molar-refractivity contribution in [3.63, 3.8) is 0 Å². The van der Waals surface area contributed by atoms with Crippen LogP contribution in [0, 0.1) is 12.8 Å². The van der Waals surface area contributed by atoms with E-state index >= 15 is 0 Å². The molecule has 2 atom stereocenters. The summed E-state index contributed by atoms with van der Waals surface area (Å²) in [6.07, 6.45) is 3.35. The van der Waals surface area contributed by atoms with Crippen molar-refractivity contribution in [1.29, 1.82) is 0 Å². The quantitative estimate of drug-likeness (QED) is 0.687. The Labute approximate surface area is 199 Å². The molecule has 5 rings (SSSR count). The minimum absolute atomic E-state index is 0.0164. The Morgan fingerprint density at radius 2 is 1.91 bits per heavy atom. The first-order chi connectivity index (χ1) is 16.0. The van der Waals surface area contributed by atoms with Crippen LogP contribution >= 0.6 is 11.3 Å². The highest BCUT2D eigenvalue weighted by Crippen LogP contribution is 2.33. The van der Waals surface area contributed by atoms with E-state index in [9.17, 15) is 9.59 Å². The third kappa shape index (κ3) is 4.55. The van der Waals surface area contributed by atoms with Gasteiger partial charge in [0.25, 0.3) is 0 Å². The van der Waals surface area contributed by atoms with Crippen molar-refractivity contribution in [1.82, 2.24) is 15.1 Å². The van der Waals surface area contributed by atoms with Crippen LogP contribution in [0.5, 0.6) is 0 Å². The van der Waals surface area contributed by atoms with Crippen LogP contribution in [-0.4, -0.2) is 72.2 Å². The number of piperazine rings is 1. The summed E-state index contributed by atoms with van der Waals surface area (Å²) in [7, 11) is 0. The van der Waals surface area contributed by atoms with Gasteiger partial charge in [-0.3, -0.25) is 14.5 Å². The van der Waals surface area contributed by atoms with Crippen molar-refractivity contribution in [2.75, 3.05) is 54.0 Å². The fourth-order valence-corrected chi connectivity index (χ4v) is 6.18. The van der Waals surface area contributed by atoms with Gasteiger partial charge in [-0.2, -0.15) is 0 Å². The van der Waals surface area contributed by atoms with Crippen molar-refractivity contribution in [2.45, 2.75) is 45.6 Å². The highest BCUT2D eigenvalue weighted by atomic mass is 32.1. The first-order valence-corrected chi connectivity index (χ1v) is 12.8. The molecule has 3 aliphatic heterocycles. The molecule has 0 aliphatic carbocycles. The van der Waals surface area contributed by atoms with Crippen LogP contribution < -0.4 is 14.7 Å². The van der Waals surface area contributed by atoms with Crippen molar-refractivity contribution in [2.24, 2.45) is 5.92 Å². The molecular formula is C24H32N6O2S. The normalized spacial score (nSPS) is 24.0. The molecule has 8 nitrogen and oxygen atoms in total. The number of nitrogens with zero attached hydrogens (tertiary/aromatic N) is 6. The van der Waals surface area contributed by atoms with Gasteiger partial charge in [-0.25, -0.2) is 0 Å². The highest BCUT2D eigenvalue weighted by Gasteiger charge is 2.34. The van der Waals surface area contributed by atoms with Gasteiger partial charge < -0.3 is 14.7 Å². The van der Waals surface area contributed by atoms with Crippen LogP contribution in [-0.2, 0) is 9.59 Å². The molecule has 33 heavy (non-hydrogen) atoms. The van der Waals surface area contributed by atoms with Gasteiger partial charge in [-0.05, 0) is 50.8 Å². The molecule has 0 spiro atoms. The van der Waals surface area contributed by atoms with Crippen molar-refractivity contribution in [3.05, 3.63) is 29.8 Å². The topological polar surface area (TPSA) is 72.9 Å². The molecule has 1 aromatic carbocycles. The molecule has 9 heteroatoms. The fourth-order valence-electron chi connectivity index (χ4n) is 5.25. The third-order valence-corrected chi connectivity index (χ3v) is 8.03. The van der Waals surface area contributed by atoms with E-state index in [1.165, 1.54) is 22.6 Å². The largest absolute Gasteiger partial charge is 0.365 e. The Morgan fingerprint density at radius 1 is 1.06 bits per heavy atom. The van der Waals surface area contributed by atoms with E-state index in [0.29, 0.717) is 18.1 Å². The number of benzene rings is 1. The lowest BCUT2D eigenvalue weighted by Crippen LogP contribution is -2.56. The van der Waals surface area contributed by atoms with Gasteiger partial charge in [0.05, 0.1) is 5.92 Å². The summed E-state index contributed by atoms with van der Waals surface area (Å²) in [6, 6.07) is 8.88. The third-order valence-electron chi connectivity index (χ3n) is 7.02. The molecule has 176 valence electrons. The van der Waals surface area contributed by atoms with Gasteiger partial charge in [-0.1, -0.05) is 23.5 Å². The molecule has 0 bridgehead atoms. The molecule has 0 N–H and O–H groups in total. The van der Waals surface area contributed by atoms with E-state index in [2.05, 4.69) is 63.0 Å². The fraction of sp³-hybridized carbons (Fsp3) is 0.583. The minimum Gasteiger partial charge on any atom is -0.365 e. The molecule has 3 aliphatic rings. The second-order valence-corrected chi connectivity index (χ2v) is 10.4. The standard InChI is InChI=1S/C24H32N6O2S/c1-17-6-3-8-20(14-17)29-13-12-27(15-18(29)2)22(32)19-7-4-10-28(16-19)23-25-26-24(33-23)30-11-5-9-21(30)31/h3,6,8,14,18-19H,4-5,7,9-13,15-16H2,1-2H3. The van der Waals surface area contributed by atoms with Crippen LogP contribution in [0.15, 0.2) is 24.3 Å². The predicted octanol–water partition coefficient (Wildman–Crippen LogP) is 2.93. The van der Waals surface area contributed by atoms with Crippen LogP contribution in [0.3, 0.4) is 0 Å². The summed E-state index contributed by atoms with van der Waals surface area (Å²) in [5.74, 6) is 0.371. The number of carbonyl (C=O) groups is 2. The zero-order chi connectivity index (χ0) is 22.9. The summed E-state index contributed by atoms with van der Waals surface area (Å²) in [5, 5.41) is 10.1. The maximum atomic E-state index is 13.4. The van der Waals surface area contributed by atoms with E-state index in [1.807, 2.05) is 0 Å². The lowest BCUT2D eigenvalue weighted by Gasteiger charge is -2.43. The maximum Gasteiger partial charge on any atom is 0.228 e. The molecular weight excluding hydrogens is 436 g/mol. The molecule has 2 unspecified atom stereocenters. The Morgan fingerprint density at radius 3 is 2.67 bits per heavy atom. The van der Waals surface area contributed by atoms with E-state index in [4.69, 9.17) is 0 Å². The van der Waals surface area contributed by atoms with E-state index in [-0.39, 0.29) is 23.8 Å². The van der Waals surface area contributed by atoms with Gasteiger partial charge in [0, 0.05) is 57.4 Å². The lowest BCUT2D eigenvalue weighted by molar-refractivity contribution is -0.136. The van der Waals surface area contributed by atoms with Gasteiger partial charge in [0.15, 0.2) is 0 Å². The zero-order valence-electron chi connectivity index (χ0n) is 19.4. The first kappa shape index (κ1) is 22.1. The number of anilines is 3. The van der Waals surface area contributed by atoms with Gasteiger partial charge in [0.1, 0.15) is 0 Å². The monoisotopic (exact) mass is 468 g/mol. The number of amides is 2. The van der Waals surface area contributed by atoms with E-state index < -0.39 is 0 Å². The molecule has 3 saturated heterocycles. The predicted molar refractivity (Wildman–Crippen MR) is 131 cm³/mol. The summed E-state index contributed by atoms with van der Waals surface area (Å²) in [5.41, 5.74) is 2.50. The molecule has 3 fully saturated rings. The van der Waals surface area contributed by atoms with Crippen LogP contribution in [0.25, 0.3) is 0 Å². The minimum atomic E-state index is -0.0164. The first-order valence-electron chi connectivity index (χ1n) is 12.0. The number of aromatic nitrogens is 2. The van der Waals surface area contributed by atoms with E-state index in [1.54, 1.807) is 4.90 Å². The summed E-state index contributed by atoms with van der Waals surface area (Å²) in [4.78, 5) is 33.8. The second-order valence-electron chi connectivity index (χ2n) is 9.47. The average Bonchev–Trinajstić information content (AvgIpc) is 3.47. The van der Waals surface area contributed by atoms with Crippen molar-refractivity contribution < 1.29 is 9.59 Å². The lowest BCUT2D eigenvalue weighted by atomic mass is 9.96. The maximum absolute atomic E-state index is 13.4. The average molecular weight is 469 g/mol. The van der Waals surface area contributed by atoms with Gasteiger partial charge in [-0.15, -0.1) is 10.2 Å². The van der Waals surface area contributed by atoms with Gasteiger partial charge in [0.2, 0.25) is 22.1 Å². The van der Waals surface area contributed by atoms with Crippen molar-refractivity contribution >= 4 is 39.1 Å². The SMILES string of the molecule is Cc1cccc(N2CCN(C(=O)C3CCCN(c4nnc(N5CCCC5=O)s4)C3)CC2C)c1. The van der Waals surface area contributed by atoms with Crippen molar-refractivity contribution in [3.8, 4) is 0 Å². The number of rotatable bonds is 4. The Hall–Kier alpha value is -2.68. The van der Waals surface area contributed by atoms with Crippen LogP contribution in [0.2, 0.25) is 0 Å². The van der Waals surface area contributed by atoms with Gasteiger partial charge >= 0.3 is 0 Å². The molecule has 0 saturated carbocycles. The number of aryl methyl sites for hydroxylation is 1. The second kappa shape index (κ2) is 9.29. The van der Waals surface area contributed by atoms with Crippen LogP contribution in [0.1, 0.15) is 38.2 Å². The summed E-state index contributed by atoms with van der Waals surface area (Å²) >= 11 is 1.47. The van der Waals surface area contributed by atoms with Crippen LogP contribution in [0.4, 0.5) is 16.0 Å². The Kier molecular flexibility index (Phi) is 6.23. The molecule has 2 aromatic rings. The smallest absolute Gasteiger partial charge is 0.228 e. The summed E-state index contributed by atoms with van der Waals surface area (Å²) in [6.45, 7) is 8.97. The Balaban J connectivity index is 1.21. The molecule has 0 radical (unpaired) electrons. The molecule has 4 heterocycles. The number of carbonyl (C=O) groups excluding carboxylic acids is 2. The van der Waals surface area contributed by atoms with E-state index in [0.717, 1.165) is 57.1 Å². The zero-order valence-corrected chi connectivity index (χ0v) is 20.3. The number of piperidine rings is 1. The number of hydrogen-bond acceptors (Lipinski definition) is 7. The molecule has 2 amide bonds.